The Labute approximate surface area is 111 Å². The van der Waals surface area contributed by atoms with E-state index in [2.05, 4.69) is 5.10 Å². The van der Waals surface area contributed by atoms with Gasteiger partial charge in [0.1, 0.15) is 0 Å². The summed E-state index contributed by atoms with van der Waals surface area (Å²) >= 11 is 0. The summed E-state index contributed by atoms with van der Waals surface area (Å²) in [6.07, 6.45) is 5.82. The molecule has 96 valence electrons. The zero-order valence-electron chi connectivity index (χ0n) is 10.4. The first-order chi connectivity index (χ1) is 9.25. The van der Waals surface area contributed by atoms with Crippen molar-refractivity contribution in [1.29, 1.82) is 0 Å². The molecule has 0 aliphatic heterocycles. The number of nitrogens with zero attached hydrogens (tertiary/aromatic N) is 2. The van der Waals surface area contributed by atoms with E-state index in [1.54, 1.807) is 6.08 Å². The molecule has 4 nitrogen and oxygen atoms in total. The Morgan fingerprint density at radius 1 is 1.26 bits per heavy atom. The van der Waals surface area contributed by atoms with Crippen LogP contribution in [0.25, 0.3) is 11.8 Å². The highest BCUT2D eigenvalue weighted by atomic mass is 16.4. The van der Waals surface area contributed by atoms with E-state index >= 15 is 0 Å². The molecule has 1 aromatic heterocycles. The monoisotopic (exact) mass is 254 g/mol. The summed E-state index contributed by atoms with van der Waals surface area (Å²) in [6, 6.07) is 9.95. The van der Waals surface area contributed by atoms with E-state index in [9.17, 15) is 4.79 Å². The van der Waals surface area contributed by atoms with Crippen molar-refractivity contribution in [2.24, 2.45) is 0 Å². The van der Waals surface area contributed by atoms with Gasteiger partial charge in [-0.2, -0.15) is 5.10 Å². The van der Waals surface area contributed by atoms with E-state index in [4.69, 9.17) is 5.11 Å². The van der Waals surface area contributed by atoms with Crippen molar-refractivity contribution in [1.82, 2.24) is 9.78 Å². The Morgan fingerprint density at radius 3 is 2.79 bits per heavy atom. The predicted octanol–water partition coefficient (Wildman–Crippen LogP) is 2.46. The molecule has 4 heteroatoms. The van der Waals surface area contributed by atoms with Gasteiger partial charge in [0.2, 0.25) is 0 Å². The van der Waals surface area contributed by atoms with Gasteiger partial charge >= 0.3 is 5.97 Å². The summed E-state index contributed by atoms with van der Waals surface area (Å²) in [6.45, 7) is 0. The van der Waals surface area contributed by atoms with Crippen LogP contribution in [0.1, 0.15) is 23.4 Å². The first kappa shape index (κ1) is 11.7. The Bertz CT molecular complexity index is 642. The number of benzene rings is 1. The van der Waals surface area contributed by atoms with Crippen LogP contribution >= 0.6 is 0 Å². The fraction of sp³-hybridized carbons (Fsp3) is 0.200. The number of carboxylic acid groups (broad SMARTS) is 1. The molecule has 3 rings (SSSR count). The smallest absolute Gasteiger partial charge is 0.328 e. The number of rotatable bonds is 3. The quantitative estimate of drug-likeness (QED) is 0.856. The fourth-order valence-corrected chi connectivity index (χ4v) is 2.53. The second kappa shape index (κ2) is 4.72. The molecule has 1 aliphatic carbocycles. The van der Waals surface area contributed by atoms with Crippen LogP contribution in [0.15, 0.2) is 36.4 Å². The standard InChI is InChI=1S/C15H14N2O2/c18-15(19)10-9-13-12-7-4-8-14(12)17(16-13)11-5-2-1-3-6-11/h1-3,5-6,9-10H,4,7-8H2,(H,18,19). The number of carboxylic acids is 1. The largest absolute Gasteiger partial charge is 0.478 e. The normalized spacial score (nSPS) is 13.9. The number of hydrogen-bond donors (Lipinski definition) is 1. The minimum atomic E-state index is -0.944. The summed E-state index contributed by atoms with van der Waals surface area (Å²) in [7, 11) is 0. The summed E-state index contributed by atoms with van der Waals surface area (Å²) in [4.78, 5) is 10.6. The van der Waals surface area contributed by atoms with E-state index in [1.165, 1.54) is 11.3 Å². The lowest BCUT2D eigenvalue weighted by molar-refractivity contribution is -0.131. The molecule has 19 heavy (non-hydrogen) atoms. The van der Waals surface area contributed by atoms with Crippen LogP contribution < -0.4 is 0 Å². The molecule has 0 saturated carbocycles. The summed E-state index contributed by atoms with van der Waals surface area (Å²) in [5.74, 6) is -0.944. The lowest BCUT2D eigenvalue weighted by Gasteiger charge is -2.04. The van der Waals surface area contributed by atoms with Gasteiger partial charge in [0.25, 0.3) is 0 Å². The lowest BCUT2D eigenvalue weighted by Crippen LogP contribution is -2.00. The van der Waals surface area contributed by atoms with Gasteiger partial charge < -0.3 is 5.11 Å². The van der Waals surface area contributed by atoms with Gasteiger partial charge in [-0.05, 0) is 37.5 Å². The second-order valence-electron chi connectivity index (χ2n) is 4.58. The molecule has 0 spiro atoms. The molecule has 1 N–H and O–H groups in total. The Kier molecular flexibility index (Phi) is 2.91. The highest BCUT2D eigenvalue weighted by molar-refractivity contribution is 5.85. The Balaban J connectivity index is 2.08. The number of carbonyl (C=O) groups is 1. The molecule has 0 saturated heterocycles. The third-order valence-corrected chi connectivity index (χ3v) is 3.35. The molecule has 1 heterocycles. The van der Waals surface area contributed by atoms with Crippen molar-refractivity contribution in [2.45, 2.75) is 19.3 Å². The van der Waals surface area contributed by atoms with Gasteiger partial charge in [-0.15, -0.1) is 0 Å². The average molecular weight is 254 g/mol. The number of aliphatic carboxylic acids is 1. The molecule has 2 aromatic rings. The van der Waals surface area contributed by atoms with E-state index in [1.807, 2.05) is 35.0 Å². The van der Waals surface area contributed by atoms with Crippen LogP contribution in [-0.2, 0) is 17.6 Å². The van der Waals surface area contributed by atoms with Crippen molar-refractivity contribution in [3.05, 3.63) is 53.4 Å². The molecule has 0 bridgehead atoms. The van der Waals surface area contributed by atoms with Crippen LogP contribution in [-0.4, -0.2) is 20.9 Å². The third-order valence-electron chi connectivity index (χ3n) is 3.35. The molecule has 1 aliphatic rings. The SMILES string of the molecule is O=C(O)C=Cc1nn(-c2ccccc2)c2c1CCC2. The maximum Gasteiger partial charge on any atom is 0.328 e. The highest BCUT2D eigenvalue weighted by Crippen LogP contribution is 2.28. The van der Waals surface area contributed by atoms with E-state index in [-0.39, 0.29) is 0 Å². The van der Waals surface area contributed by atoms with Crippen molar-refractivity contribution >= 4 is 12.0 Å². The minimum Gasteiger partial charge on any atom is -0.478 e. The fourth-order valence-electron chi connectivity index (χ4n) is 2.53. The number of para-hydroxylation sites is 1. The van der Waals surface area contributed by atoms with Crippen molar-refractivity contribution < 1.29 is 9.90 Å². The minimum absolute atomic E-state index is 0.777. The summed E-state index contributed by atoms with van der Waals surface area (Å²) in [5, 5.41) is 13.3. The van der Waals surface area contributed by atoms with Crippen LogP contribution in [0.3, 0.4) is 0 Å². The van der Waals surface area contributed by atoms with E-state index in [0.717, 1.165) is 36.7 Å². The van der Waals surface area contributed by atoms with Gasteiger partial charge in [-0.3, -0.25) is 0 Å². The number of hydrogen-bond acceptors (Lipinski definition) is 2. The zero-order valence-corrected chi connectivity index (χ0v) is 10.4. The molecule has 0 fully saturated rings. The molecule has 0 amide bonds. The van der Waals surface area contributed by atoms with E-state index < -0.39 is 5.97 Å². The first-order valence-electron chi connectivity index (χ1n) is 6.33. The zero-order chi connectivity index (χ0) is 13.2. The van der Waals surface area contributed by atoms with Gasteiger partial charge in [0.15, 0.2) is 0 Å². The Morgan fingerprint density at radius 2 is 2.05 bits per heavy atom. The molecule has 0 atom stereocenters. The van der Waals surface area contributed by atoms with Crippen LogP contribution in [0.2, 0.25) is 0 Å². The van der Waals surface area contributed by atoms with Crippen LogP contribution in [0.4, 0.5) is 0 Å². The summed E-state index contributed by atoms with van der Waals surface area (Å²) < 4.78 is 1.93. The third kappa shape index (κ3) is 2.17. The van der Waals surface area contributed by atoms with Crippen LogP contribution in [0, 0.1) is 0 Å². The molecular weight excluding hydrogens is 240 g/mol. The first-order valence-corrected chi connectivity index (χ1v) is 6.33. The number of fused-ring (bicyclic) bond motifs is 1. The predicted molar refractivity (Wildman–Crippen MR) is 72.3 cm³/mol. The molecular formula is C15H14N2O2. The highest BCUT2D eigenvalue weighted by Gasteiger charge is 2.21. The second-order valence-corrected chi connectivity index (χ2v) is 4.58. The van der Waals surface area contributed by atoms with Gasteiger partial charge in [0.05, 0.1) is 11.4 Å². The average Bonchev–Trinajstić information content (AvgIpc) is 2.99. The maximum atomic E-state index is 10.6. The molecule has 1 aromatic carbocycles. The maximum absolute atomic E-state index is 10.6. The van der Waals surface area contributed by atoms with Crippen molar-refractivity contribution in [3.63, 3.8) is 0 Å². The lowest BCUT2D eigenvalue weighted by atomic mass is 10.2. The van der Waals surface area contributed by atoms with Crippen LogP contribution in [0.5, 0.6) is 0 Å². The molecule has 0 radical (unpaired) electrons. The van der Waals surface area contributed by atoms with E-state index in [0.29, 0.717) is 0 Å². The van der Waals surface area contributed by atoms with Gasteiger partial charge in [-0.25, -0.2) is 9.48 Å². The topological polar surface area (TPSA) is 55.1 Å². The Hall–Kier alpha value is -2.36. The van der Waals surface area contributed by atoms with Gasteiger partial charge in [-0.1, -0.05) is 18.2 Å². The number of aromatic nitrogens is 2. The summed E-state index contributed by atoms with van der Waals surface area (Å²) in [5.41, 5.74) is 4.19. The van der Waals surface area contributed by atoms with Gasteiger partial charge in [0, 0.05) is 17.3 Å². The van der Waals surface area contributed by atoms with Crippen molar-refractivity contribution in [3.8, 4) is 5.69 Å². The molecule has 0 unspecified atom stereocenters. The van der Waals surface area contributed by atoms with Crippen molar-refractivity contribution in [2.75, 3.05) is 0 Å².